The van der Waals surface area contributed by atoms with Gasteiger partial charge in [0, 0.05) is 37.8 Å². The lowest BCUT2D eigenvalue weighted by atomic mass is 10.1. The second kappa shape index (κ2) is 6.49. The molecule has 3 rings (SSSR count). The Morgan fingerprint density at radius 3 is 2.57 bits per heavy atom. The van der Waals surface area contributed by atoms with E-state index in [1.165, 1.54) is 0 Å². The Bertz CT molecular complexity index is 681. The van der Waals surface area contributed by atoms with Crippen molar-refractivity contribution in [1.29, 1.82) is 0 Å². The number of carbonyl (C=O) groups excluding carboxylic acids is 1. The summed E-state index contributed by atoms with van der Waals surface area (Å²) in [4.78, 5) is 16.6. The number of amides is 1. The molecule has 2 aliphatic heterocycles. The first-order valence-electron chi connectivity index (χ1n) is 7.86. The van der Waals surface area contributed by atoms with E-state index in [0.717, 1.165) is 13.1 Å². The number of nitrogens with zero attached hydrogens (tertiary/aromatic N) is 2. The molecule has 126 valence electrons. The van der Waals surface area contributed by atoms with Crippen molar-refractivity contribution >= 4 is 15.7 Å². The first-order chi connectivity index (χ1) is 11.0. The molecule has 0 bridgehead atoms. The molecule has 2 aliphatic rings. The van der Waals surface area contributed by atoms with Gasteiger partial charge in [-0.3, -0.25) is 9.69 Å². The van der Waals surface area contributed by atoms with Crippen molar-refractivity contribution in [1.82, 2.24) is 9.80 Å². The topological polar surface area (TPSA) is 66.9 Å². The Labute approximate surface area is 136 Å². The molecule has 7 heteroatoms. The number of benzene rings is 1. The van der Waals surface area contributed by atoms with Crippen molar-refractivity contribution in [3.05, 3.63) is 29.8 Å². The van der Waals surface area contributed by atoms with Crippen LogP contribution in [0, 0.1) is 0 Å². The molecule has 2 fully saturated rings. The summed E-state index contributed by atoms with van der Waals surface area (Å²) in [5.41, 5.74) is 0.626. The fraction of sp³-hybridized carbons (Fsp3) is 0.562. The fourth-order valence-electron chi connectivity index (χ4n) is 3.29. The minimum absolute atomic E-state index is 0.00240. The van der Waals surface area contributed by atoms with Crippen molar-refractivity contribution in [2.45, 2.75) is 12.5 Å². The zero-order chi connectivity index (χ0) is 16.4. The molecule has 0 aliphatic carbocycles. The number of carbonyl (C=O) groups is 1. The van der Waals surface area contributed by atoms with Crippen molar-refractivity contribution in [2.75, 3.05) is 44.8 Å². The van der Waals surface area contributed by atoms with E-state index in [1.54, 1.807) is 19.2 Å². The van der Waals surface area contributed by atoms with Gasteiger partial charge in [-0.15, -0.1) is 0 Å². The first kappa shape index (κ1) is 16.3. The third-order valence-corrected chi connectivity index (χ3v) is 6.39. The van der Waals surface area contributed by atoms with Gasteiger partial charge >= 0.3 is 0 Å². The molecular formula is C16H22N2O4S. The average Bonchev–Trinajstić information content (AvgIpc) is 2.94. The van der Waals surface area contributed by atoms with Crippen LogP contribution in [0.25, 0.3) is 0 Å². The Morgan fingerprint density at radius 2 is 1.96 bits per heavy atom. The number of hydrogen-bond donors (Lipinski definition) is 0. The second-order valence-corrected chi connectivity index (χ2v) is 8.35. The van der Waals surface area contributed by atoms with Gasteiger partial charge in [0.25, 0.3) is 5.91 Å². The monoisotopic (exact) mass is 338 g/mol. The van der Waals surface area contributed by atoms with Crippen LogP contribution in [0.5, 0.6) is 5.75 Å². The first-order valence-corrected chi connectivity index (χ1v) is 9.68. The zero-order valence-corrected chi connectivity index (χ0v) is 14.1. The summed E-state index contributed by atoms with van der Waals surface area (Å²) in [6, 6.07) is 7.29. The molecule has 23 heavy (non-hydrogen) atoms. The smallest absolute Gasteiger partial charge is 0.254 e. The second-order valence-electron chi connectivity index (χ2n) is 6.12. The quantitative estimate of drug-likeness (QED) is 0.809. The van der Waals surface area contributed by atoms with Crippen LogP contribution in [0.3, 0.4) is 0 Å². The van der Waals surface area contributed by atoms with Gasteiger partial charge in [-0.05, 0) is 24.6 Å². The predicted molar refractivity (Wildman–Crippen MR) is 87.5 cm³/mol. The Kier molecular flexibility index (Phi) is 4.59. The predicted octanol–water partition coefficient (Wildman–Crippen LogP) is 0.640. The van der Waals surface area contributed by atoms with Crippen molar-refractivity contribution < 1.29 is 17.9 Å². The Balaban J connectivity index is 1.59. The number of ether oxygens (including phenoxy) is 1. The molecule has 0 N–H and O–H groups in total. The van der Waals surface area contributed by atoms with E-state index in [1.807, 2.05) is 17.0 Å². The van der Waals surface area contributed by atoms with Gasteiger partial charge in [-0.2, -0.15) is 0 Å². The van der Waals surface area contributed by atoms with Crippen LogP contribution in [0.15, 0.2) is 24.3 Å². The summed E-state index contributed by atoms with van der Waals surface area (Å²) in [5, 5.41) is 0. The maximum absolute atomic E-state index is 12.6. The molecule has 0 spiro atoms. The van der Waals surface area contributed by atoms with Crippen molar-refractivity contribution in [3.63, 3.8) is 0 Å². The van der Waals surface area contributed by atoms with Crippen LogP contribution in [0.1, 0.15) is 16.8 Å². The fourth-order valence-corrected chi connectivity index (χ4v) is 5.05. The third kappa shape index (κ3) is 3.67. The number of methoxy groups -OCH3 is 1. The van der Waals surface area contributed by atoms with E-state index in [2.05, 4.69) is 4.90 Å². The van der Waals surface area contributed by atoms with E-state index < -0.39 is 9.84 Å². The van der Waals surface area contributed by atoms with E-state index >= 15 is 0 Å². The van der Waals surface area contributed by atoms with Crippen LogP contribution in [0.4, 0.5) is 0 Å². The minimum atomic E-state index is -2.86. The Morgan fingerprint density at radius 1 is 1.22 bits per heavy atom. The van der Waals surface area contributed by atoms with Crippen molar-refractivity contribution in [2.24, 2.45) is 0 Å². The van der Waals surface area contributed by atoms with Gasteiger partial charge in [0.05, 0.1) is 18.6 Å². The minimum Gasteiger partial charge on any atom is -0.497 e. The van der Waals surface area contributed by atoms with Crippen LogP contribution in [-0.2, 0) is 9.84 Å². The molecule has 2 saturated heterocycles. The normalized spacial score (nSPS) is 24.6. The lowest BCUT2D eigenvalue weighted by molar-refractivity contribution is 0.0587. The van der Waals surface area contributed by atoms with Gasteiger partial charge in [0.1, 0.15) is 5.75 Å². The number of hydrogen-bond acceptors (Lipinski definition) is 5. The van der Waals surface area contributed by atoms with E-state index in [0.29, 0.717) is 36.6 Å². The Hall–Kier alpha value is -1.60. The molecule has 1 aromatic carbocycles. The summed E-state index contributed by atoms with van der Waals surface area (Å²) in [6.07, 6.45) is 0.714. The number of piperazine rings is 1. The van der Waals surface area contributed by atoms with Crippen molar-refractivity contribution in [3.8, 4) is 5.75 Å². The standard InChI is InChI=1S/C16H22N2O4S/c1-22-15-4-2-3-13(11-15)16(19)18-8-6-17(7-9-18)14-5-10-23(20,21)12-14/h2-4,11,14H,5-10,12H2,1H3. The molecule has 0 saturated carbocycles. The van der Waals surface area contributed by atoms with Crippen LogP contribution in [-0.4, -0.2) is 75.0 Å². The van der Waals surface area contributed by atoms with Gasteiger partial charge in [0.15, 0.2) is 9.84 Å². The van der Waals surface area contributed by atoms with Crippen LogP contribution < -0.4 is 4.74 Å². The summed E-state index contributed by atoms with van der Waals surface area (Å²) in [6.45, 7) is 2.73. The van der Waals surface area contributed by atoms with Gasteiger partial charge in [-0.1, -0.05) is 6.07 Å². The van der Waals surface area contributed by atoms with E-state index in [9.17, 15) is 13.2 Å². The molecule has 0 aromatic heterocycles. The molecule has 1 unspecified atom stereocenters. The molecular weight excluding hydrogens is 316 g/mol. The van der Waals surface area contributed by atoms with Gasteiger partial charge in [0.2, 0.25) is 0 Å². The lowest BCUT2D eigenvalue weighted by Crippen LogP contribution is -2.52. The summed E-state index contributed by atoms with van der Waals surface area (Å²) in [5.74, 6) is 1.23. The maximum atomic E-state index is 12.6. The maximum Gasteiger partial charge on any atom is 0.254 e. The molecule has 1 atom stereocenters. The third-order valence-electron chi connectivity index (χ3n) is 4.64. The highest BCUT2D eigenvalue weighted by Crippen LogP contribution is 2.20. The summed E-state index contributed by atoms with van der Waals surface area (Å²) < 4.78 is 28.4. The highest BCUT2D eigenvalue weighted by Gasteiger charge is 2.34. The highest BCUT2D eigenvalue weighted by atomic mass is 32.2. The largest absolute Gasteiger partial charge is 0.497 e. The van der Waals surface area contributed by atoms with Gasteiger partial charge < -0.3 is 9.64 Å². The molecule has 6 nitrogen and oxygen atoms in total. The average molecular weight is 338 g/mol. The zero-order valence-electron chi connectivity index (χ0n) is 13.3. The number of sulfone groups is 1. The van der Waals surface area contributed by atoms with E-state index in [-0.39, 0.29) is 17.7 Å². The lowest BCUT2D eigenvalue weighted by Gasteiger charge is -2.37. The number of rotatable bonds is 3. The van der Waals surface area contributed by atoms with E-state index in [4.69, 9.17) is 4.74 Å². The van der Waals surface area contributed by atoms with Crippen LogP contribution in [0.2, 0.25) is 0 Å². The molecule has 1 amide bonds. The van der Waals surface area contributed by atoms with Crippen LogP contribution >= 0.6 is 0 Å². The van der Waals surface area contributed by atoms with Gasteiger partial charge in [-0.25, -0.2) is 8.42 Å². The summed E-state index contributed by atoms with van der Waals surface area (Å²) >= 11 is 0. The SMILES string of the molecule is COc1cccc(C(=O)N2CCN(C3CCS(=O)(=O)C3)CC2)c1. The summed E-state index contributed by atoms with van der Waals surface area (Å²) in [7, 11) is -1.28. The molecule has 0 radical (unpaired) electrons. The molecule has 2 heterocycles. The highest BCUT2D eigenvalue weighted by molar-refractivity contribution is 7.91. The molecule has 1 aromatic rings.